The average molecular weight is 403 g/mol. The molecular formula is C24H25N3O3. The lowest BCUT2D eigenvalue weighted by molar-refractivity contribution is -0.147. The van der Waals surface area contributed by atoms with E-state index in [9.17, 15) is 9.59 Å². The maximum absolute atomic E-state index is 12.9. The third-order valence-electron chi connectivity index (χ3n) is 5.46. The molecule has 6 heteroatoms. The molecule has 3 aromatic rings. The summed E-state index contributed by atoms with van der Waals surface area (Å²) in [5, 5.41) is 7.17. The Labute approximate surface area is 175 Å². The number of carbonyl (C=O) groups is 2. The second kappa shape index (κ2) is 9.39. The van der Waals surface area contributed by atoms with Gasteiger partial charge in [-0.05, 0) is 24.0 Å². The van der Waals surface area contributed by atoms with Crippen molar-refractivity contribution in [3.63, 3.8) is 0 Å². The summed E-state index contributed by atoms with van der Waals surface area (Å²) in [6.07, 6.45) is 6.16. The molecule has 6 nitrogen and oxygen atoms in total. The molecule has 0 saturated heterocycles. The fourth-order valence-corrected chi connectivity index (χ4v) is 4.01. The standard InChI is InChI=1S/C24H25N3O3/c28-22(26-21-15-16-25-27(21)20-13-7-8-14-20)17-30-24(29)23(18-9-3-1-4-10-18)19-11-5-2-6-12-19/h1-6,9-12,15-16,20,23H,7-8,13-14,17H2,(H,26,28). The maximum atomic E-state index is 12.9. The van der Waals surface area contributed by atoms with Gasteiger partial charge in [-0.3, -0.25) is 9.59 Å². The van der Waals surface area contributed by atoms with Gasteiger partial charge in [-0.1, -0.05) is 73.5 Å². The van der Waals surface area contributed by atoms with Crippen molar-refractivity contribution in [2.45, 2.75) is 37.6 Å². The van der Waals surface area contributed by atoms with Crippen molar-refractivity contribution in [3.8, 4) is 0 Å². The molecule has 30 heavy (non-hydrogen) atoms. The summed E-state index contributed by atoms with van der Waals surface area (Å²) >= 11 is 0. The van der Waals surface area contributed by atoms with Crippen LogP contribution in [-0.4, -0.2) is 28.3 Å². The van der Waals surface area contributed by atoms with Gasteiger partial charge in [0.05, 0.1) is 12.2 Å². The molecule has 0 spiro atoms. The third kappa shape index (κ3) is 4.59. The number of aromatic nitrogens is 2. The van der Waals surface area contributed by atoms with Crippen molar-refractivity contribution in [2.75, 3.05) is 11.9 Å². The molecule has 0 bridgehead atoms. The Bertz CT molecular complexity index is 940. The normalized spacial score (nSPS) is 14.0. The van der Waals surface area contributed by atoms with E-state index in [1.165, 1.54) is 12.8 Å². The van der Waals surface area contributed by atoms with Crippen molar-refractivity contribution < 1.29 is 14.3 Å². The number of ether oxygens (including phenoxy) is 1. The first-order valence-electron chi connectivity index (χ1n) is 10.3. The molecular weight excluding hydrogens is 378 g/mol. The molecule has 1 heterocycles. The summed E-state index contributed by atoms with van der Waals surface area (Å²) in [7, 11) is 0. The summed E-state index contributed by atoms with van der Waals surface area (Å²) in [6.45, 7) is -0.342. The van der Waals surface area contributed by atoms with Gasteiger partial charge in [-0.2, -0.15) is 5.10 Å². The minimum Gasteiger partial charge on any atom is -0.455 e. The predicted octanol–water partition coefficient (Wildman–Crippen LogP) is 4.31. The Hall–Kier alpha value is -3.41. The Morgan fingerprint density at radius 2 is 1.57 bits per heavy atom. The van der Waals surface area contributed by atoms with Crippen molar-refractivity contribution in [3.05, 3.63) is 84.1 Å². The number of nitrogens with one attached hydrogen (secondary N) is 1. The zero-order chi connectivity index (χ0) is 20.8. The van der Waals surface area contributed by atoms with E-state index in [-0.39, 0.29) is 12.5 Å². The van der Waals surface area contributed by atoms with Crippen LogP contribution in [0.5, 0.6) is 0 Å². The number of benzene rings is 2. The summed E-state index contributed by atoms with van der Waals surface area (Å²) in [6, 6.07) is 21.0. The van der Waals surface area contributed by atoms with Crippen LogP contribution in [0.1, 0.15) is 48.8 Å². The molecule has 1 saturated carbocycles. The minimum absolute atomic E-state index is 0.318. The molecule has 2 aromatic carbocycles. The van der Waals surface area contributed by atoms with Gasteiger partial charge in [0.15, 0.2) is 6.61 Å². The first-order valence-corrected chi connectivity index (χ1v) is 10.3. The number of hydrogen-bond acceptors (Lipinski definition) is 4. The lowest BCUT2D eigenvalue weighted by Gasteiger charge is -2.17. The van der Waals surface area contributed by atoms with Gasteiger partial charge in [-0.15, -0.1) is 0 Å². The number of nitrogens with zero attached hydrogens (tertiary/aromatic N) is 2. The van der Waals surface area contributed by atoms with Crippen LogP contribution >= 0.6 is 0 Å². The van der Waals surface area contributed by atoms with Crippen molar-refractivity contribution in [1.82, 2.24) is 9.78 Å². The highest BCUT2D eigenvalue weighted by molar-refractivity contribution is 5.93. The van der Waals surface area contributed by atoms with E-state index in [1.54, 1.807) is 12.3 Å². The Morgan fingerprint density at radius 1 is 0.967 bits per heavy atom. The largest absolute Gasteiger partial charge is 0.455 e. The second-order valence-corrected chi connectivity index (χ2v) is 7.51. The topological polar surface area (TPSA) is 73.2 Å². The van der Waals surface area contributed by atoms with Crippen molar-refractivity contribution >= 4 is 17.7 Å². The molecule has 1 fully saturated rings. The second-order valence-electron chi connectivity index (χ2n) is 7.51. The molecule has 1 aromatic heterocycles. The van der Waals surface area contributed by atoms with Gasteiger partial charge in [0.2, 0.25) is 0 Å². The maximum Gasteiger partial charge on any atom is 0.318 e. The summed E-state index contributed by atoms with van der Waals surface area (Å²) in [5.74, 6) is -0.760. The van der Waals surface area contributed by atoms with Gasteiger partial charge < -0.3 is 10.1 Å². The highest BCUT2D eigenvalue weighted by Crippen LogP contribution is 2.31. The highest BCUT2D eigenvalue weighted by Gasteiger charge is 2.25. The van der Waals surface area contributed by atoms with Gasteiger partial charge in [-0.25, -0.2) is 4.68 Å². The zero-order valence-corrected chi connectivity index (χ0v) is 16.7. The molecule has 1 N–H and O–H groups in total. The number of carbonyl (C=O) groups excluding carboxylic acids is 2. The molecule has 0 unspecified atom stereocenters. The van der Waals surface area contributed by atoms with Gasteiger partial charge in [0.1, 0.15) is 11.7 Å². The average Bonchev–Trinajstić information content (AvgIpc) is 3.46. The Kier molecular flexibility index (Phi) is 6.23. The summed E-state index contributed by atoms with van der Waals surface area (Å²) in [5.41, 5.74) is 1.65. The van der Waals surface area contributed by atoms with Gasteiger partial charge in [0, 0.05) is 6.07 Å². The van der Waals surface area contributed by atoms with Crippen LogP contribution in [0, 0.1) is 0 Å². The van der Waals surface area contributed by atoms with Crippen molar-refractivity contribution in [1.29, 1.82) is 0 Å². The number of esters is 1. The number of rotatable bonds is 7. The predicted molar refractivity (Wildman–Crippen MR) is 114 cm³/mol. The van der Waals surface area contributed by atoms with E-state index >= 15 is 0 Å². The zero-order valence-electron chi connectivity index (χ0n) is 16.7. The van der Waals surface area contributed by atoms with Gasteiger partial charge in [0.25, 0.3) is 5.91 Å². The fourth-order valence-electron chi connectivity index (χ4n) is 4.01. The molecule has 1 aliphatic rings. The van der Waals surface area contributed by atoms with E-state index < -0.39 is 11.9 Å². The van der Waals surface area contributed by atoms with Crippen LogP contribution in [0.15, 0.2) is 72.9 Å². The van der Waals surface area contributed by atoms with Crippen LogP contribution in [0.25, 0.3) is 0 Å². The Morgan fingerprint density at radius 3 is 2.17 bits per heavy atom. The highest BCUT2D eigenvalue weighted by atomic mass is 16.5. The molecule has 1 aliphatic carbocycles. The third-order valence-corrected chi connectivity index (χ3v) is 5.46. The van der Waals surface area contributed by atoms with Gasteiger partial charge >= 0.3 is 5.97 Å². The van der Waals surface area contributed by atoms with E-state index in [0.29, 0.717) is 11.9 Å². The lowest BCUT2D eigenvalue weighted by atomic mass is 9.91. The molecule has 1 amide bonds. The van der Waals surface area contributed by atoms with E-state index in [4.69, 9.17) is 4.74 Å². The van der Waals surface area contributed by atoms with Crippen LogP contribution < -0.4 is 5.32 Å². The van der Waals surface area contributed by atoms with Crippen LogP contribution in [0.2, 0.25) is 0 Å². The molecule has 4 rings (SSSR count). The van der Waals surface area contributed by atoms with Crippen LogP contribution in [0.3, 0.4) is 0 Å². The van der Waals surface area contributed by atoms with Crippen LogP contribution in [-0.2, 0) is 14.3 Å². The Balaban J connectivity index is 1.41. The monoisotopic (exact) mass is 403 g/mol. The SMILES string of the molecule is O=C(COC(=O)C(c1ccccc1)c1ccccc1)Nc1ccnn1C1CCCC1. The molecule has 0 atom stereocenters. The quantitative estimate of drug-likeness (QED) is 0.597. The lowest BCUT2D eigenvalue weighted by Crippen LogP contribution is -2.26. The van der Waals surface area contributed by atoms with E-state index in [1.807, 2.05) is 65.3 Å². The van der Waals surface area contributed by atoms with E-state index in [2.05, 4.69) is 10.4 Å². The van der Waals surface area contributed by atoms with Crippen LogP contribution in [0.4, 0.5) is 5.82 Å². The number of amides is 1. The summed E-state index contributed by atoms with van der Waals surface area (Å²) < 4.78 is 7.27. The number of anilines is 1. The van der Waals surface area contributed by atoms with Crippen molar-refractivity contribution in [2.24, 2.45) is 0 Å². The first kappa shape index (κ1) is 19.9. The molecule has 0 radical (unpaired) electrons. The van der Waals surface area contributed by atoms with E-state index in [0.717, 1.165) is 24.0 Å². The minimum atomic E-state index is -0.579. The fraction of sp³-hybridized carbons (Fsp3) is 0.292. The smallest absolute Gasteiger partial charge is 0.318 e. The summed E-state index contributed by atoms with van der Waals surface area (Å²) in [4.78, 5) is 25.4. The number of hydrogen-bond donors (Lipinski definition) is 1. The molecule has 154 valence electrons. The molecule has 0 aliphatic heterocycles. The first-order chi connectivity index (χ1) is 14.7.